The van der Waals surface area contributed by atoms with Gasteiger partial charge in [0.05, 0.1) is 6.42 Å². The number of halogens is 3. The van der Waals surface area contributed by atoms with Crippen LogP contribution in [0.25, 0.3) is 17.3 Å². The van der Waals surface area contributed by atoms with E-state index in [9.17, 15) is 13.2 Å². The molecule has 5 rings (SSSR count). The van der Waals surface area contributed by atoms with Gasteiger partial charge in [-0.25, -0.2) is 0 Å². The summed E-state index contributed by atoms with van der Waals surface area (Å²) >= 11 is 1.30. The molecule has 2 nitrogen and oxygen atoms in total. The van der Waals surface area contributed by atoms with Crippen LogP contribution >= 0.6 is 11.3 Å². The average molecular weight is 513 g/mol. The maximum Gasteiger partial charge on any atom is 0.393 e. The van der Waals surface area contributed by atoms with Gasteiger partial charge in [-0.05, 0) is 73.7 Å². The maximum absolute atomic E-state index is 12.8. The van der Waals surface area contributed by atoms with Gasteiger partial charge in [0, 0.05) is 52.6 Å². The Hall–Kier alpha value is -2.49. The molecule has 0 N–H and O–H groups in total. The number of nitrogens with zero attached hydrogens (tertiary/aromatic N) is 2. The lowest BCUT2D eigenvalue weighted by molar-refractivity contribution is -0.126. The van der Waals surface area contributed by atoms with E-state index in [1.807, 2.05) is 27.7 Å². The zero-order valence-corrected chi connectivity index (χ0v) is 22.7. The summed E-state index contributed by atoms with van der Waals surface area (Å²) < 4.78 is 38.4. The number of hydrogen-bond donors (Lipinski definition) is 0. The lowest BCUT2D eigenvalue weighted by Crippen LogP contribution is -2.57. The zero-order chi connectivity index (χ0) is 26.3. The van der Waals surface area contributed by atoms with Crippen molar-refractivity contribution in [2.24, 2.45) is 5.41 Å². The van der Waals surface area contributed by atoms with E-state index in [0.717, 1.165) is 54.3 Å². The van der Waals surface area contributed by atoms with Crippen LogP contribution in [0.3, 0.4) is 0 Å². The van der Waals surface area contributed by atoms with Gasteiger partial charge in [-0.1, -0.05) is 38.0 Å². The maximum atomic E-state index is 12.8. The summed E-state index contributed by atoms with van der Waals surface area (Å²) in [6.45, 7) is 15.2. The molecule has 0 bridgehead atoms. The summed E-state index contributed by atoms with van der Waals surface area (Å²) in [5.74, 6) is 2.68. The van der Waals surface area contributed by atoms with Crippen molar-refractivity contribution >= 4 is 28.7 Å². The smallest absolute Gasteiger partial charge is 0.369 e. The van der Waals surface area contributed by atoms with Crippen LogP contribution in [0.4, 0.5) is 13.2 Å². The van der Waals surface area contributed by atoms with Crippen LogP contribution in [-0.4, -0.2) is 42.2 Å². The second-order valence-electron chi connectivity index (χ2n) is 10.2. The minimum Gasteiger partial charge on any atom is -0.369 e. The molecule has 6 heteroatoms. The summed E-state index contributed by atoms with van der Waals surface area (Å²) in [5, 5.41) is 0. The highest BCUT2D eigenvalue weighted by atomic mass is 32.1. The molecule has 0 atom stereocenters. The number of aryl methyl sites for hydroxylation is 1. The van der Waals surface area contributed by atoms with Crippen LogP contribution in [-0.2, 0) is 13.0 Å². The third-order valence-corrected chi connectivity index (χ3v) is 8.59. The highest BCUT2D eigenvalue weighted by Crippen LogP contribution is 2.52. The molecule has 192 valence electrons. The number of alkyl halides is 3. The van der Waals surface area contributed by atoms with Crippen LogP contribution in [0, 0.1) is 24.7 Å². The van der Waals surface area contributed by atoms with Crippen molar-refractivity contribution in [2.45, 2.75) is 60.2 Å². The molecule has 36 heavy (non-hydrogen) atoms. The molecular formula is C30H35F3N2S. The number of benzene rings is 1. The number of likely N-dealkylation sites (tertiary alicyclic amines) is 2. The topological polar surface area (TPSA) is 6.48 Å². The van der Waals surface area contributed by atoms with E-state index in [0.29, 0.717) is 10.3 Å². The van der Waals surface area contributed by atoms with E-state index >= 15 is 0 Å². The Balaban J connectivity index is 0.00000148. The first-order valence-corrected chi connectivity index (χ1v) is 13.5. The SMILES string of the molecule is C#C/C(C)=C/c1ccc(CN2CCC3(C2)CN(C2=C(C)c4sc(CC(F)(F)F)cc42)C3)cc1C.CC. The van der Waals surface area contributed by atoms with E-state index in [4.69, 9.17) is 6.42 Å². The fourth-order valence-corrected chi connectivity index (χ4v) is 6.90. The molecule has 3 heterocycles. The zero-order valence-electron chi connectivity index (χ0n) is 21.9. The Morgan fingerprint density at radius 1 is 1.17 bits per heavy atom. The van der Waals surface area contributed by atoms with E-state index in [1.165, 1.54) is 40.1 Å². The molecular weight excluding hydrogens is 477 g/mol. The van der Waals surface area contributed by atoms with Gasteiger partial charge >= 0.3 is 6.18 Å². The Labute approximate surface area is 217 Å². The fraction of sp³-hybridized carbons (Fsp3) is 0.467. The lowest BCUT2D eigenvalue weighted by Gasteiger charge is -2.52. The standard InChI is InChI=1S/C28H29F3N2S.C2H6/c1-5-18(2)10-22-7-6-21(11-19(22)3)14-32-9-8-27(15-32)16-33(17-27)25-20(4)26-24(25)12-23(34-26)13-28(29,30)31;1-2/h1,6-7,10-12H,8-9,13-17H2,2-4H3;1-2H3/b18-10+;. The largest absolute Gasteiger partial charge is 0.393 e. The van der Waals surface area contributed by atoms with Crippen molar-refractivity contribution in [3.63, 3.8) is 0 Å². The second kappa shape index (κ2) is 10.1. The van der Waals surface area contributed by atoms with Gasteiger partial charge < -0.3 is 4.90 Å². The third kappa shape index (κ3) is 5.28. The molecule has 1 aliphatic carbocycles. The number of rotatable bonds is 5. The number of allylic oxidation sites excluding steroid dienone is 2. The molecule has 2 aliphatic heterocycles. The van der Waals surface area contributed by atoms with E-state index in [-0.39, 0.29) is 0 Å². The molecule has 3 aliphatic rings. The van der Waals surface area contributed by atoms with E-state index in [2.05, 4.69) is 46.9 Å². The van der Waals surface area contributed by atoms with Gasteiger partial charge in [-0.3, -0.25) is 4.90 Å². The number of fused-ring (bicyclic) bond motifs is 1. The van der Waals surface area contributed by atoms with Gasteiger partial charge in [0.2, 0.25) is 0 Å². The molecule has 2 fully saturated rings. The molecule has 0 saturated carbocycles. The Morgan fingerprint density at radius 2 is 1.89 bits per heavy atom. The molecule has 0 radical (unpaired) electrons. The van der Waals surface area contributed by atoms with Crippen LogP contribution in [0.5, 0.6) is 0 Å². The molecule has 2 aromatic rings. The molecule has 0 unspecified atom stereocenters. The first-order valence-electron chi connectivity index (χ1n) is 12.7. The summed E-state index contributed by atoms with van der Waals surface area (Å²) in [7, 11) is 0. The lowest BCUT2D eigenvalue weighted by atomic mass is 9.76. The minimum atomic E-state index is -4.15. The molecule has 1 spiro atoms. The van der Waals surface area contributed by atoms with Crippen LogP contribution < -0.4 is 0 Å². The van der Waals surface area contributed by atoms with Crippen molar-refractivity contribution < 1.29 is 13.2 Å². The van der Waals surface area contributed by atoms with Crippen molar-refractivity contribution in [3.8, 4) is 12.3 Å². The van der Waals surface area contributed by atoms with Crippen LogP contribution in [0.15, 0.2) is 29.8 Å². The molecule has 1 aromatic heterocycles. The highest BCUT2D eigenvalue weighted by molar-refractivity contribution is 7.14. The Morgan fingerprint density at radius 3 is 2.53 bits per heavy atom. The number of thiophene rings is 1. The summed E-state index contributed by atoms with van der Waals surface area (Å²) in [5.41, 5.74) is 8.30. The van der Waals surface area contributed by atoms with Gasteiger partial charge in [0.1, 0.15) is 0 Å². The Kier molecular flexibility index (Phi) is 7.46. The predicted octanol–water partition coefficient (Wildman–Crippen LogP) is 7.63. The molecule has 0 amide bonds. The molecule has 2 saturated heterocycles. The fourth-order valence-electron chi connectivity index (χ4n) is 5.71. The first-order chi connectivity index (χ1) is 17.1. The Bertz CT molecular complexity index is 1240. The predicted molar refractivity (Wildman–Crippen MR) is 145 cm³/mol. The third-order valence-electron chi connectivity index (χ3n) is 7.33. The summed E-state index contributed by atoms with van der Waals surface area (Å²) in [6.07, 6.45) is 3.72. The monoisotopic (exact) mass is 512 g/mol. The normalized spacial score (nSPS) is 18.9. The van der Waals surface area contributed by atoms with Crippen molar-refractivity contribution in [1.29, 1.82) is 0 Å². The highest BCUT2D eigenvalue weighted by Gasteiger charge is 2.50. The quantitative estimate of drug-likeness (QED) is 0.380. The summed E-state index contributed by atoms with van der Waals surface area (Å²) in [6, 6.07) is 8.36. The van der Waals surface area contributed by atoms with Gasteiger partial charge in [0.25, 0.3) is 0 Å². The van der Waals surface area contributed by atoms with E-state index < -0.39 is 12.6 Å². The van der Waals surface area contributed by atoms with Crippen LogP contribution in [0.1, 0.15) is 66.1 Å². The minimum absolute atomic E-state index is 0.301. The number of terminal acetylenes is 1. The van der Waals surface area contributed by atoms with Gasteiger partial charge in [-0.2, -0.15) is 13.2 Å². The van der Waals surface area contributed by atoms with Crippen LogP contribution in [0.2, 0.25) is 0 Å². The van der Waals surface area contributed by atoms with Gasteiger partial charge in [0.15, 0.2) is 0 Å². The second-order valence-corrected chi connectivity index (χ2v) is 11.3. The van der Waals surface area contributed by atoms with Crippen molar-refractivity contribution in [1.82, 2.24) is 9.80 Å². The van der Waals surface area contributed by atoms with Crippen molar-refractivity contribution in [3.05, 3.63) is 61.8 Å². The summed E-state index contributed by atoms with van der Waals surface area (Å²) in [4.78, 5) is 6.37. The van der Waals surface area contributed by atoms with Gasteiger partial charge in [-0.15, -0.1) is 17.8 Å². The van der Waals surface area contributed by atoms with E-state index in [1.54, 1.807) is 6.07 Å². The van der Waals surface area contributed by atoms with Crippen molar-refractivity contribution in [2.75, 3.05) is 26.2 Å². The first kappa shape index (κ1) is 26.6. The average Bonchev–Trinajstić information content (AvgIpc) is 3.38. The molecule has 1 aromatic carbocycles. The number of hydrogen-bond acceptors (Lipinski definition) is 3.